The van der Waals surface area contributed by atoms with Gasteiger partial charge in [0.1, 0.15) is 11.6 Å². The van der Waals surface area contributed by atoms with Gasteiger partial charge in [0, 0.05) is 13.2 Å². The van der Waals surface area contributed by atoms with Gasteiger partial charge in [-0.2, -0.15) is 19.7 Å². The number of benzene rings is 1. The van der Waals surface area contributed by atoms with Crippen molar-refractivity contribution < 1.29 is 18.3 Å². The third-order valence-corrected chi connectivity index (χ3v) is 3.61. The quantitative estimate of drug-likeness (QED) is 0.528. The van der Waals surface area contributed by atoms with E-state index in [0.717, 1.165) is 4.68 Å². The average Bonchev–Trinajstić information content (AvgIpc) is 3.21. The van der Waals surface area contributed by atoms with Gasteiger partial charge in [-0.25, -0.2) is 19.2 Å². The Morgan fingerprint density at radius 2 is 2.00 bits per heavy atom. The lowest BCUT2D eigenvalue weighted by Gasteiger charge is -2.05. The maximum absolute atomic E-state index is 13.8. The molecule has 10 heteroatoms. The van der Waals surface area contributed by atoms with Gasteiger partial charge < -0.3 is 4.74 Å². The number of hydrogen-bond donors (Lipinski definition) is 1. The molecule has 0 unspecified atom stereocenters. The van der Waals surface area contributed by atoms with Gasteiger partial charge in [0.15, 0.2) is 12.4 Å². The van der Waals surface area contributed by atoms with E-state index in [2.05, 4.69) is 20.7 Å². The second kappa shape index (κ2) is 7.77. The summed E-state index contributed by atoms with van der Waals surface area (Å²) in [6, 6.07) is 7.01. The van der Waals surface area contributed by atoms with E-state index in [1.54, 1.807) is 13.1 Å². The number of hydrogen-bond acceptors (Lipinski definition) is 5. The summed E-state index contributed by atoms with van der Waals surface area (Å²) < 4.78 is 34.5. The highest BCUT2D eigenvalue weighted by Gasteiger charge is 2.12. The number of carbonyl (C=O) groups excluding carboxylic acids is 1. The molecular weight excluding hydrogens is 358 g/mol. The smallest absolute Gasteiger partial charge is 0.291 e. The highest BCUT2D eigenvalue weighted by molar-refractivity contribution is 5.93. The fraction of sp³-hybridized carbons (Fsp3) is 0.176. The summed E-state index contributed by atoms with van der Waals surface area (Å²) in [6.45, 7) is 1.68. The number of nitrogens with zero attached hydrogens (tertiary/aromatic N) is 5. The van der Waals surface area contributed by atoms with E-state index >= 15 is 0 Å². The Kier molecular flexibility index (Phi) is 5.25. The number of nitrogens with one attached hydrogen (secondary N) is 1. The van der Waals surface area contributed by atoms with Crippen LogP contribution in [0.2, 0.25) is 0 Å². The molecule has 0 aliphatic heterocycles. The number of aryl methyl sites for hydroxylation is 2. The maximum atomic E-state index is 13.8. The van der Waals surface area contributed by atoms with Gasteiger partial charge in [-0.3, -0.25) is 4.79 Å². The minimum absolute atomic E-state index is 0.0439. The number of rotatable bonds is 6. The van der Waals surface area contributed by atoms with Crippen molar-refractivity contribution in [3.63, 3.8) is 0 Å². The molecule has 2 heterocycles. The minimum Gasteiger partial charge on any atom is -0.471 e. The normalized spacial score (nSPS) is 11.1. The van der Waals surface area contributed by atoms with Crippen LogP contribution in [-0.4, -0.2) is 31.7 Å². The van der Waals surface area contributed by atoms with Crippen LogP contribution in [-0.2, 0) is 13.8 Å². The fourth-order valence-corrected chi connectivity index (χ4v) is 2.23. The van der Waals surface area contributed by atoms with Crippen LogP contribution in [0, 0.1) is 18.7 Å². The zero-order valence-corrected chi connectivity index (χ0v) is 14.6. The number of amides is 1. The molecule has 3 aromatic rings. The molecule has 0 bridgehead atoms. The minimum atomic E-state index is -0.561. The lowest BCUT2D eigenvalue weighted by molar-refractivity contribution is 0.0948. The maximum Gasteiger partial charge on any atom is 0.291 e. The molecule has 0 saturated carbocycles. The van der Waals surface area contributed by atoms with Crippen LogP contribution in [0.4, 0.5) is 8.78 Å². The summed E-state index contributed by atoms with van der Waals surface area (Å²) in [6.07, 6.45) is 2.73. The van der Waals surface area contributed by atoms with E-state index in [-0.39, 0.29) is 23.8 Å². The van der Waals surface area contributed by atoms with Crippen molar-refractivity contribution >= 4 is 12.1 Å². The molecule has 0 fully saturated rings. The molecule has 3 rings (SSSR count). The third-order valence-electron chi connectivity index (χ3n) is 3.61. The molecule has 0 aliphatic carbocycles. The summed E-state index contributed by atoms with van der Waals surface area (Å²) in [5.74, 6) is -1.000. The van der Waals surface area contributed by atoms with E-state index in [0.29, 0.717) is 11.4 Å². The van der Waals surface area contributed by atoms with E-state index in [1.807, 2.05) is 0 Å². The van der Waals surface area contributed by atoms with Gasteiger partial charge in [-0.05, 0) is 37.3 Å². The highest BCUT2D eigenvalue weighted by Crippen LogP contribution is 2.11. The molecule has 1 N–H and O–H groups in total. The zero-order chi connectivity index (χ0) is 19.4. The largest absolute Gasteiger partial charge is 0.471 e. The predicted molar refractivity (Wildman–Crippen MR) is 92.2 cm³/mol. The number of aromatic nitrogens is 4. The lowest BCUT2D eigenvalue weighted by Crippen LogP contribution is -2.19. The van der Waals surface area contributed by atoms with Crippen molar-refractivity contribution in [3.8, 4) is 5.75 Å². The Balaban J connectivity index is 1.56. The van der Waals surface area contributed by atoms with Gasteiger partial charge in [-0.15, -0.1) is 0 Å². The summed E-state index contributed by atoms with van der Waals surface area (Å²) in [7, 11) is 1.47. The van der Waals surface area contributed by atoms with Crippen LogP contribution in [0.5, 0.6) is 5.75 Å². The SMILES string of the molecule is Cc1nn(C)c(F)c1C=NNC(=O)c1ccn(COc2ccc(F)cc2)n1. The number of ether oxygens (including phenoxy) is 1. The predicted octanol–water partition coefficient (Wildman–Crippen LogP) is 2.00. The number of halogens is 2. The molecule has 0 radical (unpaired) electrons. The van der Waals surface area contributed by atoms with Gasteiger partial charge >= 0.3 is 0 Å². The third kappa shape index (κ3) is 4.35. The first-order chi connectivity index (χ1) is 12.9. The second-order valence-electron chi connectivity index (χ2n) is 5.58. The van der Waals surface area contributed by atoms with Crippen molar-refractivity contribution in [3.05, 3.63) is 65.2 Å². The van der Waals surface area contributed by atoms with Crippen LogP contribution >= 0.6 is 0 Å². The average molecular weight is 374 g/mol. The molecule has 0 saturated heterocycles. The van der Waals surface area contributed by atoms with Crippen molar-refractivity contribution in [1.29, 1.82) is 0 Å². The van der Waals surface area contributed by atoms with Gasteiger partial charge in [0.2, 0.25) is 5.95 Å². The second-order valence-corrected chi connectivity index (χ2v) is 5.58. The monoisotopic (exact) mass is 374 g/mol. The molecule has 140 valence electrons. The van der Waals surface area contributed by atoms with Crippen LogP contribution in [0.1, 0.15) is 21.7 Å². The van der Waals surface area contributed by atoms with E-state index in [1.165, 1.54) is 48.3 Å². The molecule has 0 atom stereocenters. The van der Waals surface area contributed by atoms with Crippen LogP contribution < -0.4 is 10.2 Å². The van der Waals surface area contributed by atoms with Gasteiger partial charge in [0.25, 0.3) is 5.91 Å². The molecule has 27 heavy (non-hydrogen) atoms. The Morgan fingerprint density at radius 3 is 2.67 bits per heavy atom. The van der Waals surface area contributed by atoms with Crippen molar-refractivity contribution in [2.75, 3.05) is 0 Å². The zero-order valence-electron chi connectivity index (χ0n) is 14.6. The van der Waals surface area contributed by atoms with Crippen molar-refractivity contribution in [2.24, 2.45) is 12.1 Å². The van der Waals surface area contributed by atoms with Gasteiger partial charge in [0.05, 0.1) is 17.5 Å². The molecule has 2 aromatic heterocycles. The summed E-state index contributed by atoms with van der Waals surface area (Å²) in [5, 5.41) is 11.7. The standard InChI is InChI=1S/C17H16F2N6O2/c1-11-14(16(19)24(2)22-11)9-20-21-17(26)15-7-8-25(23-15)10-27-13-5-3-12(18)4-6-13/h3-9H,10H2,1-2H3,(H,21,26). The Bertz CT molecular complexity index is 978. The molecule has 1 aromatic carbocycles. The summed E-state index contributed by atoms with van der Waals surface area (Å²) in [5.41, 5.74) is 3.03. The number of carbonyl (C=O) groups is 1. The van der Waals surface area contributed by atoms with Crippen LogP contribution in [0.25, 0.3) is 0 Å². The Hall–Kier alpha value is -3.56. The summed E-state index contributed by atoms with van der Waals surface area (Å²) in [4.78, 5) is 12.0. The van der Waals surface area contributed by atoms with Crippen LogP contribution in [0.3, 0.4) is 0 Å². The van der Waals surface area contributed by atoms with Gasteiger partial charge in [-0.1, -0.05) is 0 Å². The first kappa shape index (κ1) is 18.2. The van der Waals surface area contributed by atoms with E-state index in [4.69, 9.17) is 4.74 Å². The fourth-order valence-electron chi connectivity index (χ4n) is 2.23. The van der Waals surface area contributed by atoms with Crippen molar-refractivity contribution in [1.82, 2.24) is 25.0 Å². The molecule has 0 aliphatic rings. The van der Waals surface area contributed by atoms with Crippen LogP contribution in [0.15, 0.2) is 41.6 Å². The Morgan fingerprint density at radius 1 is 1.26 bits per heavy atom. The van der Waals surface area contributed by atoms with Crippen molar-refractivity contribution in [2.45, 2.75) is 13.7 Å². The highest BCUT2D eigenvalue weighted by atomic mass is 19.1. The lowest BCUT2D eigenvalue weighted by atomic mass is 10.3. The van der Waals surface area contributed by atoms with E-state index in [9.17, 15) is 13.6 Å². The van der Waals surface area contributed by atoms with E-state index < -0.39 is 11.9 Å². The summed E-state index contributed by atoms with van der Waals surface area (Å²) >= 11 is 0. The number of hydrazone groups is 1. The molecular formula is C17H16F2N6O2. The first-order valence-corrected chi connectivity index (χ1v) is 7.88. The Labute approximate surface area is 153 Å². The molecule has 8 nitrogen and oxygen atoms in total. The topological polar surface area (TPSA) is 86.3 Å². The molecule has 0 spiro atoms. The first-order valence-electron chi connectivity index (χ1n) is 7.88. The molecule has 1 amide bonds.